The van der Waals surface area contributed by atoms with Crippen molar-refractivity contribution in [3.63, 3.8) is 0 Å². The quantitative estimate of drug-likeness (QED) is 0.682. The van der Waals surface area contributed by atoms with Crippen molar-refractivity contribution < 1.29 is 4.74 Å². The van der Waals surface area contributed by atoms with E-state index in [2.05, 4.69) is 5.32 Å². The van der Waals surface area contributed by atoms with Crippen molar-refractivity contribution in [1.82, 2.24) is 5.32 Å². The Balaban J connectivity index is 0. The van der Waals surface area contributed by atoms with Crippen molar-refractivity contribution in [2.75, 3.05) is 14.2 Å². The van der Waals surface area contributed by atoms with Crippen LogP contribution in [0.25, 0.3) is 0 Å². The molecule has 0 saturated carbocycles. The van der Waals surface area contributed by atoms with Gasteiger partial charge in [0.25, 0.3) is 0 Å². The van der Waals surface area contributed by atoms with Crippen LogP contribution in [-0.4, -0.2) is 20.3 Å². The number of likely N-dealkylation sites (N-methyl/N-ethyl adjacent to an activating group) is 1. The number of ether oxygens (including phenoxy) is 1. The molecule has 0 amide bonds. The maximum absolute atomic E-state index is 5.81. The Labute approximate surface area is 88.0 Å². The van der Waals surface area contributed by atoms with Crippen LogP contribution in [0, 0.1) is 0 Å². The van der Waals surface area contributed by atoms with Crippen LogP contribution in [0.15, 0.2) is 23.5 Å². The van der Waals surface area contributed by atoms with Gasteiger partial charge in [-0.15, -0.1) is 0 Å². The summed E-state index contributed by atoms with van der Waals surface area (Å²) in [5.74, 6) is 0. The topological polar surface area (TPSA) is 47.3 Å². The number of methoxy groups -OCH3 is 1. The second-order valence-electron chi connectivity index (χ2n) is 2.50. The van der Waals surface area contributed by atoms with E-state index in [4.69, 9.17) is 10.5 Å². The van der Waals surface area contributed by atoms with Crippen molar-refractivity contribution in [2.45, 2.75) is 33.8 Å². The molecule has 1 unspecified atom stereocenters. The van der Waals surface area contributed by atoms with E-state index in [1.54, 1.807) is 7.11 Å². The summed E-state index contributed by atoms with van der Waals surface area (Å²) in [6.45, 7) is 7.86. The average molecular weight is 200 g/mol. The van der Waals surface area contributed by atoms with Crippen LogP contribution in [0.4, 0.5) is 0 Å². The predicted molar refractivity (Wildman–Crippen MR) is 62.9 cm³/mol. The van der Waals surface area contributed by atoms with E-state index in [-0.39, 0.29) is 6.10 Å². The molecule has 0 fully saturated rings. The highest BCUT2D eigenvalue weighted by atomic mass is 16.5. The van der Waals surface area contributed by atoms with E-state index in [1.165, 1.54) is 0 Å². The third kappa shape index (κ3) is 5.65. The number of hydrogen-bond donors (Lipinski definition) is 2. The molecule has 0 aliphatic carbocycles. The highest BCUT2D eigenvalue weighted by Crippen LogP contribution is 2.04. The molecule has 0 aliphatic rings. The average Bonchev–Trinajstić information content (AvgIpc) is 2.26. The zero-order valence-electron chi connectivity index (χ0n) is 10.2. The number of hydrogen-bond acceptors (Lipinski definition) is 3. The minimum absolute atomic E-state index is 0.0522. The lowest BCUT2D eigenvalue weighted by atomic mass is 10.2. The summed E-state index contributed by atoms with van der Waals surface area (Å²) in [7, 11) is 3.48. The van der Waals surface area contributed by atoms with Gasteiger partial charge < -0.3 is 15.8 Å². The first-order valence-electron chi connectivity index (χ1n) is 5.00. The maximum atomic E-state index is 5.81. The van der Waals surface area contributed by atoms with Crippen LogP contribution in [0.3, 0.4) is 0 Å². The van der Waals surface area contributed by atoms with Gasteiger partial charge in [0, 0.05) is 14.2 Å². The van der Waals surface area contributed by atoms with Gasteiger partial charge in [-0.25, -0.2) is 0 Å². The summed E-state index contributed by atoms with van der Waals surface area (Å²) < 4.78 is 5.08. The van der Waals surface area contributed by atoms with E-state index < -0.39 is 0 Å². The van der Waals surface area contributed by atoms with Gasteiger partial charge in [0.15, 0.2) is 0 Å². The Morgan fingerprint density at radius 2 is 1.93 bits per heavy atom. The summed E-state index contributed by atoms with van der Waals surface area (Å²) >= 11 is 0. The fraction of sp³-hybridized carbons (Fsp3) is 0.636. The molecule has 14 heavy (non-hydrogen) atoms. The van der Waals surface area contributed by atoms with Gasteiger partial charge in [0.2, 0.25) is 0 Å². The van der Waals surface area contributed by atoms with Crippen LogP contribution >= 0.6 is 0 Å². The second kappa shape index (κ2) is 10.1. The molecule has 0 saturated heterocycles. The molecule has 3 N–H and O–H groups in total. The lowest BCUT2D eigenvalue weighted by molar-refractivity contribution is 0.144. The zero-order valence-corrected chi connectivity index (χ0v) is 10.2. The highest BCUT2D eigenvalue weighted by Gasteiger charge is 2.06. The van der Waals surface area contributed by atoms with Crippen LogP contribution in [0.5, 0.6) is 0 Å². The number of nitrogens with one attached hydrogen (secondary N) is 1. The molecule has 0 aromatic carbocycles. The molecule has 3 nitrogen and oxygen atoms in total. The molecule has 1 atom stereocenters. The van der Waals surface area contributed by atoms with Gasteiger partial charge in [0.1, 0.15) is 0 Å². The first-order chi connectivity index (χ1) is 6.67. The lowest BCUT2D eigenvalue weighted by Gasteiger charge is -2.13. The predicted octanol–water partition coefficient (Wildman–Crippen LogP) is 2.01. The lowest BCUT2D eigenvalue weighted by Crippen LogP contribution is -2.22. The first kappa shape index (κ1) is 15.5. The van der Waals surface area contributed by atoms with Crippen LogP contribution in [-0.2, 0) is 4.74 Å². The summed E-state index contributed by atoms with van der Waals surface area (Å²) in [5.41, 5.74) is 7.44. The number of rotatable bonds is 4. The molecule has 0 aromatic heterocycles. The van der Waals surface area contributed by atoms with E-state index in [9.17, 15) is 0 Å². The third-order valence-electron chi connectivity index (χ3n) is 1.71. The monoisotopic (exact) mass is 200 g/mol. The van der Waals surface area contributed by atoms with Crippen molar-refractivity contribution in [3.8, 4) is 0 Å². The van der Waals surface area contributed by atoms with Gasteiger partial charge >= 0.3 is 0 Å². The molecular weight excluding hydrogens is 176 g/mol. The van der Waals surface area contributed by atoms with E-state index in [0.717, 1.165) is 11.4 Å². The Morgan fingerprint density at radius 1 is 1.43 bits per heavy atom. The third-order valence-corrected chi connectivity index (χ3v) is 1.71. The fourth-order valence-electron chi connectivity index (χ4n) is 0.837. The van der Waals surface area contributed by atoms with E-state index in [1.807, 2.05) is 46.9 Å². The fourth-order valence-corrected chi connectivity index (χ4v) is 0.837. The molecule has 3 heteroatoms. The Morgan fingerprint density at radius 3 is 2.21 bits per heavy atom. The summed E-state index contributed by atoms with van der Waals surface area (Å²) in [6, 6.07) is 0. The van der Waals surface area contributed by atoms with Crippen molar-refractivity contribution in [1.29, 1.82) is 0 Å². The normalized spacial score (nSPS) is 14.1. The zero-order chi connectivity index (χ0) is 11.6. The number of allylic oxidation sites excluding steroid dienone is 2. The molecule has 0 aliphatic heterocycles. The van der Waals surface area contributed by atoms with Crippen molar-refractivity contribution >= 4 is 0 Å². The summed E-state index contributed by atoms with van der Waals surface area (Å²) in [6.07, 6.45) is 3.80. The van der Waals surface area contributed by atoms with E-state index >= 15 is 0 Å². The highest BCUT2D eigenvalue weighted by molar-refractivity contribution is 5.23. The number of nitrogens with two attached hydrogens (primary N) is 1. The Kier molecular flexibility index (Phi) is 11.2. The van der Waals surface area contributed by atoms with Crippen molar-refractivity contribution in [2.24, 2.45) is 5.73 Å². The van der Waals surface area contributed by atoms with Crippen molar-refractivity contribution in [3.05, 3.63) is 23.5 Å². The Hall–Kier alpha value is -0.960. The summed E-state index contributed by atoms with van der Waals surface area (Å²) in [4.78, 5) is 0. The van der Waals surface area contributed by atoms with Gasteiger partial charge in [-0.05, 0) is 19.9 Å². The minimum Gasteiger partial charge on any atom is -0.398 e. The molecule has 0 aromatic rings. The van der Waals surface area contributed by atoms with Gasteiger partial charge in [-0.2, -0.15) is 0 Å². The minimum atomic E-state index is -0.0522. The standard InChI is InChI=1S/C9H18N2O.C2H6/c1-5-6-8(11-3)9(10)7(2)12-4;1-2/h5-7,11H,10H2,1-4H3;1-2H3/b6-5-,9-8-;. The first-order valence-corrected chi connectivity index (χ1v) is 5.00. The van der Waals surface area contributed by atoms with Crippen LogP contribution in [0.1, 0.15) is 27.7 Å². The second-order valence-corrected chi connectivity index (χ2v) is 2.50. The Bertz CT molecular complexity index is 186. The molecule has 0 spiro atoms. The molecule has 0 bridgehead atoms. The van der Waals surface area contributed by atoms with E-state index in [0.29, 0.717) is 0 Å². The van der Waals surface area contributed by atoms with Crippen LogP contribution < -0.4 is 11.1 Å². The smallest absolute Gasteiger partial charge is 0.0956 e. The SMILES string of the molecule is C/C=C\C(NC)=C(\N)C(C)OC.CC. The molecule has 0 rings (SSSR count). The van der Waals surface area contributed by atoms with Gasteiger partial charge in [-0.3, -0.25) is 0 Å². The van der Waals surface area contributed by atoms with Crippen LogP contribution in [0.2, 0.25) is 0 Å². The molecule has 0 radical (unpaired) electrons. The molecule has 84 valence electrons. The maximum Gasteiger partial charge on any atom is 0.0956 e. The molecular formula is C11H24N2O. The van der Waals surface area contributed by atoms with Gasteiger partial charge in [0.05, 0.1) is 17.5 Å². The largest absolute Gasteiger partial charge is 0.398 e. The molecule has 0 heterocycles. The van der Waals surface area contributed by atoms with Gasteiger partial charge in [-0.1, -0.05) is 19.9 Å². The summed E-state index contributed by atoms with van der Waals surface area (Å²) in [5, 5.41) is 3.01.